The average molecular weight is 290 g/mol. The third kappa shape index (κ3) is 2.57. The van der Waals surface area contributed by atoms with E-state index in [1.807, 2.05) is 11.0 Å². The van der Waals surface area contributed by atoms with Crippen LogP contribution in [0.5, 0.6) is 0 Å². The van der Waals surface area contributed by atoms with Crippen LogP contribution in [0.3, 0.4) is 0 Å². The molecule has 1 heterocycles. The summed E-state index contributed by atoms with van der Waals surface area (Å²) in [7, 11) is 2.07. The Kier molecular flexibility index (Phi) is 3.98. The van der Waals surface area contributed by atoms with Crippen molar-refractivity contribution in [3.8, 4) is 0 Å². The maximum absolute atomic E-state index is 14.3. The molecule has 114 valence electrons. The van der Waals surface area contributed by atoms with Gasteiger partial charge in [0.05, 0.1) is 5.41 Å². The summed E-state index contributed by atoms with van der Waals surface area (Å²) in [5.74, 6) is -0.0972. The quantitative estimate of drug-likeness (QED) is 0.835. The Hall–Kier alpha value is -1.42. The number of rotatable bonds is 2. The number of hydrogen-bond acceptors (Lipinski definition) is 2. The summed E-state index contributed by atoms with van der Waals surface area (Å²) < 4.78 is 14.3. The van der Waals surface area contributed by atoms with Gasteiger partial charge in [-0.3, -0.25) is 4.79 Å². The van der Waals surface area contributed by atoms with E-state index in [-0.39, 0.29) is 11.7 Å². The number of carbonyl (C=O) groups is 1. The minimum Gasteiger partial charge on any atom is -0.339 e. The maximum atomic E-state index is 14.3. The van der Waals surface area contributed by atoms with Crippen molar-refractivity contribution < 1.29 is 9.18 Å². The third-order valence-corrected chi connectivity index (χ3v) is 5.05. The van der Waals surface area contributed by atoms with E-state index in [0.29, 0.717) is 5.56 Å². The van der Waals surface area contributed by atoms with E-state index in [0.717, 1.165) is 51.9 Å². The van der Waals surface area contributed by atoms with Gasteiger partial charge in [0, 0.05) is 31.7 Å². The highest BCUT2D eigenvalue weighted by Crippen LogP contribution is 2.43. The number of carbonyl (C=O) groups excluding carboxylic acids is 1. The van der Waals surface area contributed by atoms with Gasteiger partial charge in [-0.2, -0.15) is 0 Å². The van der Waals surface area contributed by atoms with Crippen LogP contribution in [0, 0.1) is 5.82 Å². The number of nitrogens with zero attached hydrogens (tertiary/aromatic N) is 2. The number of amides is 1. The Balaban J connectivity index is 1.91. The predicted octanol–water partition coefficient (Wildman–Crippen LogP) is 2.41. The van der Waals surface area contributed by atoms with E-state index in [4.69, 9.17) is 0 Å². The second-order valence-electron chi connectivity index (χ2n) is 6.36. The number of hydrogen-bond donors (Lipinski definition) is 0. The molecule has 21 heavy (non-hydrogen) atoms. The molecule has 1 saturated carbocycles. The first-order valence-corrected chi connectivity index (χ1v) is 7.86. The fraction of sp³-hybridized carbons (Fsp3) is 0.588. The molecule has 2 fully saturated rings. The van der Waals surface area contributed by atoms with Crippen molar-refractivity contribution in [1.29, 1.82) is 0 Å². The number of halogens is 1. The van der Waals surface area contributed by atoms with E-state index >= 15 is 0 Å². The first-order valence-electron chi connectivity index (χ1n) is 7.86. The maximum Gasteiger partial charge on any atom is 0.233 e. The molecule has 3 rings (SSSR count). The highest BCUT2D eigenvalue weighted by molar-refractivity contribution is 5.88. The minimum absolute atomic E-state index is 0.137. The van der Waals surface area contributed by atoms with Crippen LogP contribution < -0.4 is 0 Å². The lowest BCUT2D eigenvalue weighted by Crippen LogP contribution is -2.53. The Labute approximate surface area is 125 Å². The zero-order valence-electron chi connectivity index (χ0n) is 12.6. The summed E-state index contributed by atoms with van der Waals surface area (Å²) in [4.78, 5) is 17.3. The van der Waals surface area contributed by atoms with Crippen molar-refractivity contribution in [2.75, 3.05) is 33.2 Å². The van der Waals surface area contributed by atoms with Crippen molar-refractivity contribution in [1.82, 2.24) is 9.80 Å². The van der Waals surface area contributed by atoms with Crippen LogP contribution in [-0.4, -0.2) is 48.9 Å². The number of likely N-dealkylation sites (N-methyl/N-ethyl adjacent to an activating group) is 1. The molecule has 0 bridgehead atoms. The van der Waals surface area contributed by atoms with Gasteiger partial charge in [-0.1, -0.05) is 31.0 Å². The minimum atomic E-state index is -0.624. The van der Waals surface area contributed by atoms with Crippen LogP contribution >= 0.6 is 0 Å². The van der Waals surface area contributed by atoms with Crippen molar-refractivity contribution in [2.45, 2.75) is 31.1 Å². The van der Waals surface area contributed by atoms with Crippen molar-refractivity contribution in [3.63, 3.8) is 0 Å². The lowest BCUT2D eigenvalue weighted by atomic mass is 9.77. The zero-order valence-corrected chi connectivity index (χ0v) is 12.6. The van der Waals surface area contributed by atoms with Gasteiger partial charge in [-0.05, 0) is 26.0 Å². The van der Waals surface area contributed by atoms with Crippen molar-refractivity contribution in [2.24, 2.45) is 0 Å². The molecular formula is C17H23FN2O. The van der Waals surface area contributed by atoms with Crippen LogP contribution in [-0.2, 0) is 10.2 Å². The summed E-state index contributed by atoms with van der Waals surface area (Å²) >= 11 is 0. The molecule has 2 aliphatic rings. The summed E-state index contributed by atoms with van der Waals surface area (Å²) in [5, 5.41) is 0. The molecule has 1 aromatic rings. The van der Waals surface area contributed by atoms with Gasteiger partial charge in [-0.25, -0.2) is 4.39 Å². The highest BCUT2D eigenvalue weighted by atomic mass is 19.1. The van der Waals surface area contributed by atoms with Gasteiger partial charge in [-0.15, -0.1) is 0 Å². The van der Waals surface area contributed by atoms with Crippen LogP contribution in [0.4, 0.5) is 4.39 Å². The van der Waals surface area contributed by atoms with Gasteiger partial charge < -0.3 is 9.80 Å². The molecule has 0 atom stereocenters. The highest BCUT2D eigenvalue weighted by Gasteiger charge is 2.46. The summed E-state index contributed by atoms with van der Waals surface area (Å²) in [6.45, 7) is 3.31. The van der Waals surface area contributed by atoms with E-state index in [2.05, 4.69) is 11.9 Å². The second-order valence-corrected chi connectivity index (χ2v) is 6.36. The van der Waals surface area contributed by atoms with E-state index in [1.54, 1.807) is 12.1 Å². The Morgan fingerprint density at radius 2 is 1.71 bits per heavy atom. The fourth-order valence-electron chi connectivity index (χ4n) is 3.74. The SMILES string of the molecule is CN1CCN(C(=O)C2(c3ccccc3F)CCCC2)CC1. The van der Waals surface area contributed by atoms with Gasteiger partial charge in [0.15, 0.2) is 0 Å². The molecule has 4 heteroatoms. The van der Waals surface area contributed by atoms with Gasteiger partial charge >= 0.3 is 0 Å². The Morgan fingerprint density at radius 3 is 2.33 bits per heavy atom. The first kappa shape index (κ1) is 14.5. The molecule has 3 nitrogen and oxygen atoms in total. The van der Waals surface area contributed by atoms with Crippen molar-refractivity contribution >= 4 is 5.91 Å². The Bertz CT molecular complexity index is 517. The molecular weight excluding hydrogens is 267 g/mol. The van der Waals surface area contributed by atoms with Gasteiger partial charge in [0.25, 0.3) is 0 Å². The summed E-state index contributed by atoms with van der Waals surface area (Å²) in [6.07, 6.45) is 3.57. The lowest BCUT2D eigenvalue weighted by molar-refractivity contribution is -0.139. The van der Waals surface area contributed by atoms with Crippen LogP contribution in [0.2, 0.25) is 0 Å². The molecule has 0 unspecified atom stereocenters. The molecule has 0 aromatic heterocycles. The largest absolute Gasteiger partial charge is 0.339 e. The average Bonchev–Trinajstić information content (AvgIpc) is 2.98. The predicted molar refractivity (Wildman–Crippen MR) is 80.6 cm³/mol. The Morgan fingerprint density at radius 1 is 1.10 bits per heavy atom. The van der Waals surface area contributed by atoms with Gasteiger partial charge in [0.2, 0.25) is 5.91 Å². The monoisotopic (exact) mass is 290 g/mol. The fourth-order valence-corrected chi connectivity index (χ4v) is 3.74. The standard InChI is InChI=1S/C17H23FN2O/c1-19-10-12-20(13-11-19)16(21)17(8-4-5-9-17)14-6-2-3-7-15(14)18/h2-3,6-7H,4-5,8-13H2,1H3. The van der Waals surface area contributed by atoms with Gasteiger partial charge in [0.1, 0.15) is 5.82 Å². The van der Waals surface area contributed by atoms with Crippen LogP contribution in [0.25, 0.3) is 0 Å². The molecule has 1 aliphatic heterocycles. The van der Waals surface area contributed by atoms with Crippen molar-refractivity contribution in [3.05, 3.63) is 35.6 Å². The molecule has 0 N–H and O–H groups in total. The summed E-state index contributed by atoms with van der Waals surface area (Å²) in [6, 6.07) is 6.82. The van der Waals surface area contributed by atoms with E-state index < -0.39 is 5.41 Å². The van der Waals surface area contributed by atoms with Crippen LogP contribution in [0.15, 0.2) is 24.3 Å². The normalized spacial score (nSPS) is 22.5. The zero-order chi connectivity index (χ0) is 14.9. The number of piperazine rings is 1. The second kappa shape index (κ2) is 5.76. The lowest BCUT2D eigenvalue weighted by Gasteiger charge is -2.39. The first-order chi connectivity index (χ1) is 10.1. The molecule has 0 radical (unpaired) electrons. The number of benzene rings is 1. The molecule has 0 spiro atoms. The molecule has 1 amide bonds. The van der Waals surface area contributed by atoms with E-state index in [1.165, 1.54) is 6.07 Å². The summed E-state index contributed by atoms with van der Waals surface area (Å²) in [5.41, 5.74) is -0.0206. The molecule has 1 aliphatic carbocycles. The molecule has 1 saturated heterocycles. The third-order valence-electron chi connectivity index (χ3n) is 5.05. The van der Waals surface area contributed by atoms with Crippen LogP contribution in [0.1, 0.15) is 31.2 Å². The smallest absolute Gasteiger partial charge is 0.233 e. The topological polar surface area (TPSA) is 23.6 Å². The molecule has 1 aromatic carbocycles. The van der Waals surface area contributed by atoms with E-state index in [9.17, 15) is 9.18 Å².